The van der Waals surface area contributed by atoms with Gasteiger partial charge in [0.1, 0.15) is 36.3 Å². The number of aliphatic hydroxyl groups excluding tert-OH is 3. The maximum atomic E-state index is 13.6. The minimum atomic E-state index is -4.95. The third-order valence-corrected chi connectivity index (χ3v) is 12.6. The van der Waals surface area contributed by atoms with E-state index in [9.17, 15) is 44.3 Å². The average Bonchev–Trinajstić information content (AvgIpc) is 3.43. The van der Waals surface area contributed by atoms with Crippen LogP contribution in [-0.4, -0.2) is 89.7 Å². The fourth-order valence-corrected chi connectivity index (χ4v) is 10.1. The molecule has 3 saturated carbocycles. The summed E-state index contributed by atoms with van der Waals surface area (Å²) in [6, 6.07) is 1.29. The summed E-state index contributed by atoms with van der Waals surface area (Å²) in [4.78, 5) is 51.9. The second-order valence-electron chi connectivity index (χ2n) is 14.2. The van der Waals surface area contributed by atoms with Crippen LogP contribution in [0, 0.1) is 34.5 Å². The molecule has 0 bridgehead atoms. The molecule has 7 N–H and O–H groups in total. The Balaban J connectivity index is 1.11. The number of carbonyl (C=O) groups is 2. The van der Waals surface area contributed by atoms with Crippen LogP contribution >= 0.6 is 7.82 Å². The van der Waals surface area contributed by atoms with Crippen molar-refractivity contribution in [2.45, 2.75) is 82.7 Å². The molecular weight excluding hydrogens is 637 g/mol. The first kappa shape index (κ1) is 34.3. The van der Waals surface area contributed by atoms with Gasteiger partial charge >= 0.3 is 13.5 Å². The molecule has 0 amide bonds. The Bertz CT molecular complexity index is 1630. The van der Waals surface area contributed by atoms with Gasteiger partial charge in [0.2, 0.25) is 0 Å². The number of hydrogen-bond donors (Lipinski definition) is 6. The third kappa shape index (κ3) is 5.49. The summed E-state index contributed by atoms with van der Waals surface area (Å²) in [7, 11) is -4.95. The number of ether oxygens (including phenoxy) is 1. The number of hydrogen-bond acceptors (Lipinski definition) is 13. The van der Waals surface area contributed by atoms with Gasteiger partial charge in [0.05, 0.1) is 12.7 Å². The minimum absolute atomic E-state index is 0.0503. The number of fused-ring (bicyclic) bond motifs is 5. The number of carbonyl (C=O) groups excluding carboxylic acids is 2. The third-order valence-electron chi connectivity index (χ3n) is 11.7. The SMILES string of the molecule is C[C@H]1C[C@@H]2[C@H]([C@@H](O)C[C@@]3(C)[C@H]2CC[C@]3(O)C(=O)COP(=O)(O)OC[C@H]2O[C@@H](n3ccc(N)nc3=O)[C@@H](O)[C@@H]2O)[C@@]2(C)C=CC(=O)C=C12. The molecule has 16 heteroatoms. The van der Waals surface area contributed by atoms with Crippen LogP contribution in [0.25, 0.3) is 0 Å². The zero-order valence-electron chi connectivity index (χ0n) is 26.3. The topological polar surface area (TPSA) is 241 Å². The molecule has 4 fully saturated rings. The van der Waals surface area contributed by atoms with Gasteiger partial charge in [-0.15, -0.1) is 0 Å². The van der Waals surface area contributed by atoms with Gasteiger partial charge < -0.3 is 35.8 Å². The number of rotatable bonds is 8. The van der Waals surface area contributed by atoms with E-state index in [1.54, 1.807) is 19.1 Å². The molecule has 5 aliphatic rings. The molecule has 2 heterocycles. The quantitative estimate of drug-likeness (QED) is 0.204. The van der Waals surface area contributed by atoms with Crippen LogP contribution in [0.4, 0.5) is 5.82 Å². The number of nitrogen functional groups attached to an aromatic ring is 1. The lowest BCUT2D eigenvalue weighted by Gasteiger charge is -2.60. The molecular formula is C31H42N3O12P. The van der Waals surface area contributed by atoms with Gasteiger partial charge in [0.25, 0.3) is 0 Å². The minimum Gasteiger partial charge on any atom is -0.393 e. The molecule has 47 heavy (non-hydrogen) atoms. The fourth-order valence-electron chi connectivity index (χ4n) is 9.39. The van der Waals surface area contributed by atoms with Crippen LogP contribution in [0.1, 0.15) is 52.7 Å². The summed E-state index contributed by atoms with van der Waals surface area (Å²) >= 11 is 0. The number of anilines is 1. The highest BCUT2D eigenvalue weighted by Crippen LogP contribution is 2.68. The molecule has 1 aliphatic heterocycles. The molecule has 0 aromatic carbocycles. The summed E-state index contributed by atoms with van der Waals surface area (Å²) in [5.74, 6) is -1.32. The number of Topliss-reactive ketones (excluding diaryl/α,β-unsaturated/α-hetero) is 1. The maximum Gasteiger partial charge on any atom is 0.472 e. The lowest BCUT2D eigenvalue weighted by molar-refractivity contribution is -0.180. The smallest absolute Gasteiger partial charge is 0.393 e. The van der Waals surface area contributed by atoms with Crippen molar-refractivity contribution in [1.82, 2.24) is 9.55 Å². The number of aliphatic hydroxyl groups is 4. The molecule has 15 nitrogen and oxygen atoms in total. The largest absolute Gasteiger partial charge is 0.472 e. The van der Waals surface area contributed by atoms with E-state index in [1.165, 1.54) is 12.3 Å². The number of ketones is 2. The van der Waals surface area contributed by atoms with Gasteiger partial charge in [0.15, 0.2) is 17.8 Å². The van der Waals surface area contributed by atoms with E-state index < -0.39 is 79.6 Å². The molecule has 1 aromatic rings. The second-order valence-corrected chi connectivity index (χ2v) is 15.6. The van der Waals surface area contributed by atoms with Crippen LogP contribution in [0.15, 0.2) is 40.9 Å². The van der Waals surface area contributed by atoms with E-state index >= 15 is 0 Å². The molecule has 6 rings (SSSR count). The van der Waals surface area contributed by atoms with Gasteiger partial charge in [0, 0.05) is 22.9 Å². The standard InChI is InChI=1S/C31H42N3O12P/c1-15-10-17-18-5-8-31(41,30(18,3)12-20(36)24(17)29(2)7-4-16(35)11-19(15)29)22(37)14-45-47(42,43)44-13-21-25(38)26(39)27(46-21)34-9-6-23(32)33-28(34)40/h4,6-7,9,11,15,17-18,20-21,24-27,36,38-39,41H,5,8,10,12-14H2,1-3H3,(H,42,43)(H2,32,33,40)/t15-,17-,18-,20-,21+,24+,25+,26-,27+,29-,30-,31-/m0/s1. The Morgan fingerprint density at radius 1 is 1.21 bits per heavy atom. The summed E-state index contributed by atoms with van der Waals surface area (Å²) < 4.78 is 29.1. The van der Waals surface area contributed by atoms with Crippen molar-refractivity contribution in [3.8, 4) is 0 Å². The monoisotopic (exact) mass is 679 g/mol. The highest BCUT2D eigenvalue weighted by atomic mass is 31.2. The Hall–Kier alpha value is -2.59. The van der Waals surface area contributed by atoms with E-state index in [0.717, 1.165) is 10.1 Å². The number of allylic oxidation sites excluding steroid dienone is 4. The molecule has 1 aromatic heterocycles. The highest BCUT2D eigenvalue weighted by Gasteiger charge is 2.68. The summed E-state index contributed by atoms with van der Waals surface area (Å²) in [5, 5.41) is 44.3. The number of nitrogens with zero attached hydrogens (tertiary/aromatic N) is 2. The Labute approximate surface area is 270 Å². The van der Waals surface area contributed by atoms with Crippen molar-refractivity contribution in [3.05, 3.63) is 46.5 Å². The van der Waals surface area contributed by atoms with Crippen molar-refractivity contribution in [2.24, 2.45) is 34.5 Å². The van der Waals surface area contributed by atoms with Crippen LogP contribution in [0.3, 0.4) is 0 Å². The lowest BCUT2D eigenvalue weighted by atomic mass is 9.45. The van der Waals surface area contributed by atoms with Gasteiger partial charge in [-0.3, -0.25) is 23.2 Å². The number of nitrogens with two attached hydrogens (primary N) is 1. The second kappa shape index (κ2) is 11.8. The summed E-state index contributed by atoms with van der Waals surface area (Å²) in [6.07, 6.45) is 0.802. The van der Waals surface area contributed by atoms with Crippen molar-refractivity contribution in [1.29, 1.82) is 0 Å². The zero-order valence-corrected chi connectivity index (χ0v) is 27.2. The molecule has 1 saturated heterocycles. The van der Waals surface area contributed by atoms with Crippen molar-refractivity contribution in [3.63, 3.8) is 0 Å². The van der Waals surface area contributed by atoms with Crippen LogP contribution < -0.4 is 11.4 Å². The van der Waals surface area contributed by atoms with Crippen molar-refractivity contribution in [2.75, 3.05) is 18.9 Å². The number of aromatic nitrogens is 2. The van der Waals surface area contributed by atoms with Gasteiger partial charge in [-0.1, -0.05) is 32.4 Å². The van der Waals surface area contributed by atoms with E-state index in [-0.39, 0.29) is 48.1 Å². The van der Waals surface area contributed by atoms with Crippen LogP contribution in [0.5, 0.6) is 0 Å². The maximum absolute atomic E-state index is 13.6. The molecule has 0 radical (unpaired) electrons. The predicted molar refractivity (Wildman–Crippen MR) is 163 cm³/mol. The highest BCUT2D eigenvalue weighted by molar-refractivity contribution is 7.47. The molecule has 13 atom stereocenters. The molecule has 1 unspecified atom stereocenters. The molecule has 0 spiro atoms. The predicted octanol–water partition coefficient (Wildman–Crippen LogP) is 0.403. The lowest BCUT2D eigenvalue weighted by Crippen LogP contribution is -2.62. The van der Waals surface area contributed by atoms with Gasteiger partial charge in [-0.05, 0) is 61.7 Å². The van der Waals surface area contributed by atoms with Gasteiger partial charge in [-0.2, -0.15) is 4.98 Å². The molecule has 258 valence electrons. The Kier molecular flexibility index (Phi) is 8.59. The summed E-state index contributed by atoms with van der Waals surface area (Å²) in [5.41, 5.74) is 2.07. The van der Waals surface area contributed by atoms with Gasteiger partial charge in [-0.25, -0.2) is 9.36 Å². The van der Waals surface area contributed by atoms with E-state index in [1.807, 2.05) is 13.0 Å². The van der Waals surface area contributed by atoms with Crippen molar-refractivity contribution < 1.29 is 53.3 Å². The van der Waals surface area contributed by atoms with E-state index in [4.69, 9.17) is 19.5 Å². The van der Waals surface area contributed by atoms with Crippen LogP contribution in [0.2, 0.25) is 0 Å². The van der Waals surface area contributed by atoms with E-state index in [0.29, 0.717) is 12.8 Å². The summed E-state index contributed by atoms with van der Waals surface area (Å²) in [6.45, 7) is 4.15. The van der Waals surface area contributed by atoms with Crippen LogP contribution in [-0.2, 0) is 27.9 Å². The van der Waals surface area contributed by atoms with E-state index in [2.05, 4.69) is 11.9 Å². The first-order valence-corrected chi connectivity index (χ1v) is 17.3. The average molecular weight is 680 g/mol. The Morgan fingerprint density at radius 3 is 2.64 bits per heavy atom. The first-order valence-electron chi connectivity index (χ1n) is 15.8. The number of phosphoric ester groups is 1. The number of phosphoric acid groups is 1. The molecule has 4 aliphatic carbocycles. The zero-order chi connectivity index (χ0) is 34.3. The fraction of sp³-hybridized carbons (Fsp3) is 0.677. The normalized spacial score (nSPS) is 43.9. The first-order chi connectivity index (χ1) is 21.9. The Morgan fingerprint density at radius 2 is 1.94 bits per heavy atom. The van der Waals surface area contributed by atoms with Crippen molar-refractivity contribution >= 4 is 25.2 Å².